The third kappa shape index (κ3) is 8.06. The van der Waals surface area contributed by atoms with E-state index in [-0.39, 0.29) is 17.6 Å². The van der Waals surface area contributed by atoms with Crippen LogP contribution in [0.3, 0.4) is 0 Å². The molecule has 0 aliphatic rings. The fourth-order valence-electron chi connectivity index (χ4n) is 2.98. The molecule has 0 heterocycles. The average Bonchev–Trinajstić information content (AvgIpc) is 2.72. The number of carbonyl (C=O) groups excluding carboxylic acids is 2. The zero-order valence-corrected chi connectivity index (χ0v) is 20.8. The summed E-state index contributed by atoms with van der Waals surface area (Å²) < 4.78 is 0. The molecular formula is C24H30Cl2N2O2S. The molecule has 1 atom stereocenters. The Bertz CT molecular complexity index is 905. The van der Waals surface area contributed by atoms with Crippen LogP contribution in [0.1, 0.15) is 37.5 Å². The number of aryl methyl sites for hydroxylation is 1. The van der Waals surface area contributed by atoms with Gasteiger partial charge in [0, 0.05) is 28.9 Å². The Morgan fingerprint density at radius 2 is 1.77 bits per heavy atom. The minimum atomic E-state index is -0.564. The third-order valence-corrected chi connectivity index (χ3v) is 6.51. The van der Waals surface area contributed by atoms with Gasteiger partial charge in [0.15, 0.2) is 0 Å². The molecule has 31 heavy (non-hydrogen) atoms. The van der Waals surface area contributed by atoms with E-state index in [1.54, 1.807) is 24.0 Å². The molecule has 0 saturated carbocycles. The second-order valence-electron chi connectivity index (χ2n) is 7.99. The van der Waals surface area contributed by atoms with Gasteiger partial charge in [0.25, 0.3) is 0 Å². The first-order chi connectivity index (χ1) is 14.7. The van der Waals surface area contributed by atoms with Gasteiger partial charge in [0.1, 0.15) is 6.04 Å². The number of nitrogens with zero attached hydrogens (tertiary/aromatic N) is 1. The molecule has 4 nitrogen and oxygen atoms in total. The number of hydrogen-bond donors (Lipinski definition) is 1. The summed E-state index contributed by atoms with van der Waals surface area (Å²) in [5.74, 6) is 0.976. The Morgan fingerprint density at radius 3 is 2.42 bits per heavy atom. The molecule has 0 spiro atoms. The first kappa shape index (κ1) is 25.6. The lowest BCUT2D eigenvalue weighted by atomic mass is 10.1. The monoisotopic (exact) mass is 480 g/mol. The summed E-state index contributed by atoms with van der Waals surface area (Å²) in [6, 6.07) is 12.7. The Kier molecular flexibility index (Phi) is 10.2. The molecule has 2 rings (SSSR count). The zero-order chi connectivity index (χ0) is 23.0. The van der Waals surface area contributed by atoms with Crippen molar-refractivity contribution in [3.63, 3.8) is 0 Å². The summed E-state index contributed by atoms with van der Waals surface area (Å²) in [5.41, 5.74) is 3.05. The van der Waals surface area contributed by atoms with Gasteiger partial charge < -0.3 is 10.2 Å². The van der Waals surface area contributed by atoms with E-state index in [1.165, 1.54) is 11.8 Å². The normalized spacial score (nSPS) is 12.0. The molecule has 168 valence electrons. The molecule has 0 unspecified atom stereocenters. The van der Waals surface area contributed by atoms with Crippen LogP contribution in [0, 0.1) is 12.8 Å². The summed E-state index contributed by atoms with van der Waals surface area (Å²) in [6.45, 7) is 8.86. The summed E-state index contributed by atoms with van der Waals surface area (Å²) >= 11 is 13.7. The van der Waals surface area contributed by atoms with Crippen LogP contribution in [0.2, 0.25) is 10.0 Å². The standard InChI is InChI=1S/C24H30Cl2N2O2S/c1-16(2)12-27-24(30)18(4)28(13-19-8-6-5-7-17(19)3)23(29)15-31-14-20-9-10-21(25)11-22(20)26/h5-11,16,18H,12-15H2,1-4H3,(H,27,30)/t18-/m0/s1. The molecule has 0 fully saturated rings. The van der Waals surface area contributed by atoms with Crippen LogP contribution in [0.25, 0.3) is 0 Å². The summed E-state index contributed by atoms with van der Waals surface area (Å²) in [4.78, 5) is 27.5. The molecule has 1 N–H and O–H groups in total. The number of halogens is 2. The molecule has 0 aliphatic heterocycles. The molecule has 2 amide bonds. The van der Waals surface area contributed by atoms with E-state index in [2.05, 4.69) is 5.32 Å². The molecule has 0 aromatic heterocycles. The molecule has 0 bridgehead atoms. The van der Waals surface area contributed by atoms with Crippen LogP contribution in [0.4, 0.5) is 0 Å². The van der Waals surface area contributed by atoms with Crippen molar-refractivity contribution in [2.24, 2.45) is 5.92 Å². The van der Waals surface area contributed by atoms with Gasteiger partial charge in [-0.25, -0.2) is 0 Å². The van der Waals surface area contributed by atoms with Crippen LogP contribution in [-0.4, -0.2) is 35.1 Å². The number of hydrogen-bond acceptors (Lipinski definition) is 3. The Labute approximate surface area is 199 Å². The number of carbonyl (C=O) groups is 2. The van der Waals surface area contributed by atoms with Gasteiger partial charge in [0.2, 0.25) is 11.8 Å². The van der Waals surface area contributed by atoms with Crippen LogP contribution >= 0.6 is 35.0 Å². The highest BCUT2D eigenvalue weighted by Crippen LogP contribution is 2.25. The largest absolute Gasteiger partial charge is 0.354 e. The third-order valence-electron chi connectivity index (χ3n) is 4.95. The van der Waals surface area contributed by atoms with Gasteiger partial charge in [-0.3, -0.25) is 9.59 Å². The fraction of sp³-hybridized carbons (Fsp3) is 0.417. The number of benzene rings is 2. The maximum atomic E-state index is 13.1. The van der Waals surface area contributed by atoms with E-state index < -0.39 is 6.04 Å². The Morgan fingerprint density at radius 1 is 1.06 bits per heavy atom. The van der Waals surface area contributed by atoms with Crippen molar-refractivity contribution >= 4 is 46.8 Å². The van der Waals surface area contributed by atoms with Crippen molar-refractivity contribution in [1.82, 2.24) is 10.2 Å². The summed E-state index contributed by atoms with van der Waals surface area (Å²) in [7, 11) is 0. The summed E-state index contributed by atoms with van der Waals surface area (Å²) in [6.07, 6.45) is 0. The predicted molar refractivity (Wildman–Crippen MR) is 132 cm³/mol. The second kappa shape index (κ2) is 12.4. The van der Waals surface area contributed by atoms with Gasteiger partial charge in [-0.05, 0) is 48.6 Å². The average molecular weight is 481 g/mol. The molecule has 0 saturated heterocycles. The van der Waals surface area contributed by atoms with Crippen LogP contribution in [0.15, 0.2) is 42.5 Å². The fourth-order valence-corrected chi connectivity index (χ4v) is 4.44. The first-order valence-electron chi connectivity index (χ1n) is 10.3. The van der Waals surface area contributed by atoms with E-state index in [0.29, 0.717) is 34.8 Å². The van der Waals surface area contributed by atoms with Crippen molar-refractivity contribution in [3.8, 4) is 0 Å². The number of thioether (sulfide) groups is 1. The first-order valence-corrected chi connectivity index (χ1v) is 12.2. The minimum absolute atomic E-state index is 0.0782. The SMILES string of the molecule is Cc1ccccc1CN(C(=O)CSCc1ccc(Cl)cc1Cl)[C@@H](C)C(=O)NCC(C)C. The molecule has 7 heteroatoms. The maximum absolute atomic E-state index is 13.1. The van der Waals surface area contributed by atoms with E-state index >= 15 is 0 Å². The molecule has 2 aromatic carbocycles. The quantitative estimate of drug-likeness (QED) is 0.472. The summed E-state index contributed by atoms with van der Waals surface area (Å²) in [5, 5.41) is 4.12. The molecule has 0 radical (unpaired) electrons. The smallest absolute Gasteiger partial charge is 0.242 e. The topological polar surface area (TPSA) is 49.4 Å². The Hall–Kier alpha value is -1.69. The number of rotatable bonds is 10. The van der Waals surface area contributed by atoms with E-state index in [4.69, 9.17) is 23.2 Å². The van der Waals surface area contributed by atoms with Gasteiger partial charge in [-0.15, -0.1) is 11.8 Å². The van der Waals surface area contributed by atoms with Crippen molar-refractivity contribution in [1.29, 1.82) is 0 Å². The molecular weight excluding hydrogens is 451 g/mol. The highest BCUT2D eigenvalue weighted by atomic mass is 35.5. The lowest BCUT2D eigenvalue weighted by Crippen LogP contribution is -2.48. The highest BCUT2D eigenvalue weighted by Gasteiger charge is 2.26. The number of nitrogens with one attached hydrogen (secondary N) is 1. The molecule has 2 aromatic rings. The zero-order valence-electron chi connectivity index (χ0n) is 18.5. The van der Waals surface area contributed by atoms with E-state index in [9.17, 15) is 9.59 Å². The van der Waals surface area contributed by atoms with Gasteiger partial charge >= 0.3 is 0 Å². The minimum Gasteiger partial charge on any atom is -0.354 e. The van der Waals surface area contributed by atoms with Gasteiger partial charge in [-0.2, -0.15) is 0 Å². The maximum Gasteiger partial charge on any atom is 0.242 e. The van der Waals surface area contributed by atoms with Crippen molar-refractivity contribution in [3.05, 3.63) is 69.2 Å². The van der Waals surface area contributed by atoms with Gasteiger partial charge in [0.05, 0.1) is 5.75 Å². The second-order valence-corrected chi connectivity index (χ2v) is 9.82. The van der Waals surface area contributed by atoms with E-state index in [1.807, 2.05) is 51.1 Å². The lowest BCUT2D eigenvalue weighted by Gasteiger charge is -2.29. The predicted octanol–water partition coefficient (Wildman–Crippen LogP) is 5.72. The van der Waals surface area contributed by atoms with Gasteiger partial charge in [-0.1, -0.05) is 67.4 Å². The van der Waals surface area contributed by atoms with Crippen LogP contribution < -0.4 is 5.32 Å². The number of amides is 2. The highest BCUT2D eigenvalue weighted by molar-refractivity contribution is 7.99. The van der Waals surface area contributed by atoms with Crippen molar-refractivity contribution in [2.45, 2.75) is 46.0 Å². The molecule has 0 aliphatic carbocycles. The van der Waals surface area contributed by atoms with Crippen molar-refractivity contribution in [2.75, 3.05) is 12.3 Å². The van der Waals surface area contributed by atoms with Crippen LogP contribution in [-0.2, 0) is 21.9 Å². The lowest BCUT2D eigenvalue weighted by molar-refractivity contribution is -0.138. The van der Waals surface area contributed by atoms with Crippen LogP contribution in [0.5, 0.6) is 0 Å². The van der Waals surface area contributed by atoms with E-state index in [0.717, 1.165) is 16.7 Å². The Balaban J connectivity index is 2.09. The van der Waals surface area contributed by atoms with Crippen molar-refractivity contribution < 1.29 is 9.59 Å².